The Hall–Kier alpha value is -1.79. The number of esters is 1. The first kappa shape index (κ1) is 22.2. The van der Waals surface area contributed by atoms with Crippen LogP contribution in [0.25, 0.3) is 0 Å². The van der Waals surface area contributed by atoms with Gasteiger partial charge in [-0.2, -0.15) is 0 Å². The second kappa shape index (κ2) is 11.7. The number of alkyl carbamates (subject to hydrolysis) is 1. The second-order valence-corrected chi connectivity index (χ2v) is 6.55. The van der Waals surface area contributed by atoms with Crippen LogP contribution in [0.1, 0.15) is 66.7 Å². The molecule has 0 heterocycles. The number of unbranched alkanes of at least 4 members (excludes halogenated alkanes) is 1. The Morgan fingerprint density at radius 3 is 2.21 bits per heavy atom. The summed E-state index contributed by atoms with van der Waals surface area (Å²) in [6.07, 6.45) is 1.72. The number of hydrogen-bond acceptors (Lipinski definition) is 5. The molecule has 2 N–H and O–H groups in total. The number of carboxylic acids is 1. The van der Waals surface area contributed by atoms with Gasteiger partial charge < -0.3 is 19.9 Å². The Morgan fingerprint density at radius 2 is 1.75 bits per heavy atom. The first-order valence-electron chi connectivity index (χ1n) is 8.51. The summed E-state index contributed by atoms with van der Waals surface area (Å²) in [6.45, 7) is 8.87. The van der Waals surface area contributed by atoms with Gasteiger partial charge in [-0.15, -0.1) is 0 Å². The Morgan fingerprint density at radius 1 is 1.12 bits per heavy atom. The smallest absolute Gasteiger partial charge is 0.410 e. The van der Waals surface area contributed by atoms with Crippen LogP contribution in [0, 0.1) is 11.8 Å². The molecule has 0 bridgehead atoms. The van der Waals surface area contributed by atoms with E-state index in [1.54, 1.807) is 13.8 Å². The van der Waals surface area contributed by atoms with Gasteiger partial charge in [0, 0.05) is 18.9 Å². The Bertz CT molecular complexity index is 410. The van der Waals surface area contributed by atoms with Crippen LogP contribution in [-0.2, 0) is 19.1 Å². The van der Waals surface area contributed by atoms with Crippen molar-refractivity contribution in [3.05, 3.63) is 0 Å². The molecule has 0 fully saturated rings. The summed E-state index contributed by atoms with van der Waals surface area (Å²) in [5, 5.41) is 11.6. The highest BCUT2D eigenvalue weighted by Crippen LogP contribution is 2.16. The summed E-state index contributed by atoms with van der Waals surface area (Å²) in [5.41, 5.74) is 0. The van der Waals surface area contributed by atoms with Gasteiger partial charge in [-0.3, -0.25) is 9.59 Å². The molecule has 1 amide bonds. The van der Waals surface area contributed by atoms with Crippen molar-refractivity contribution < 1.29 is 29.0 Å². The molecule has 3 atom stereocenters. The molecule has 140 valence electrons. The average Bonchev–Trinajstić information content (AvgIpc) is 2.42. The molecular formula is C17H31NO6. The first-order chi connectivity index (χ1) is 11.1. The third kappa shape index (κ3) is 10.9. The van der Waals surface area contributed by atoms with E-state index in [0.717, 1.165) is 19.3 Å². The van der Waals surface area contributed by atoms with E-state index in [2.05, 4.69) is 12.2 Å². The van der Waals surface area contributed by atoms with E-state index < -0.39 is 30.4 Å². The number of carboxylic acid groups (broad SMARTS) is 1. The van der Waals surface area contributed by atoms with Gasteiger partial charge >= 0.3 is 18.0 Å². The van der Waals surface area contributed by atoms with Gasteiger partial charge in [0.15, 0.2) is 0 Å². The van der Waals surface area contributed by atoms with E-state index in [4.69, 9.17) is 14.6 Å². The zero-order chi connectivity index (χ0) is 18.7. The van der Waals surface area contributed by atoms with Crippen LogP contribution in [0.3, 0.4) is 0 Å². The molecule has 24 heavy (non-hydrogen) atoms. The fourth-order valence-corrected chi connectivity index (χ4v) is 2.33. The summed E-state index contributed by atoms with van der Waals surface area (Å²) in [7, 11) is 0. The lowest BCUT2D eigenvalue weighted by molar-refractivity contribution is -0.172. The summed E-state index contributed by atoms with van der Waals surface area (Å²) < 4.78 is 10.1. The molecular weight excluding hydrogens is 314 g/mol. The van der Waals surface area contributed by atoms with Crippen molar-refractivity contribution in [3.8, 4) is 0 Å². The second-order valence-electron chi connectivity index (χ2n) is 6.55. The molecule has 7 nitrogen and oxygen atoms in total. The Balaban J connectivity index is 4.66. The van der Waals surface area contributed by atoms with Crippen LogP contribution >= 0.6 is 0 Å². The van der Waals surface area contributed by atoms with Gasteiger partial charge in [0.25, 0.3) is 6.29 Å². The number of amides is 1. The number of ether oxygens (including phenoxy) is 2. The van der Waals surface area contributed by atoms with Gasteiger partial charge in [-0.05, 0) is 12.3 Å². The first-order valence-corrected chi connectivity index (χ1v) is 8.51. The number of carbonyl (C=O) groups is 3. The number of hydrogen-bond donors (Lipinski definition) is 2. The Labute approximate surface area is 144 Å². The molecule has 0 saturated heterocycles. The maximum absolute atomic E-state index is 12.0. The molecule has 0 aromatic carbocycles. The fourth-order valence-electron chi connectivity index (χ4n) is 2.33. The van der Waals surface area contributed by atoms with Crippen molar-refractivity contribution in [3.63, 3.8) is 0 Å². The van der Waals surface area contributed by atoms with E-state index in [1.807, 2.05) is 6.92 Å². The quantitative estimate of drug-likeness (QED) is 0.440. The minimum Gasteiger partial charge on any atom is -0.481 e. The normalized spacial score (nSPS) is 14.6. The molecule has 0 aliphatic carbocycles. The van der Waals surface area contributed by atoms with Crippen molar-refractivity contribution in [1.29, 1.82) is 0 Å². The molecule has 7 heteroatoms. The van der Waals surface area contributed by atoms with Crippen LogP contribution in [0.5, 0.6) is 0 Å². The maximum atomic E-state index is 12.0. The van der Waals surface area contributed by atoms with E-state index in [9.17, 15) is 14.4 Å². The maximum Gasteiger partial charge on any atom is 0.410 e. The lowest BCUT2D eigenvalue weighted by Crippen LogP contribution is -2.41. The molecule has 0 rings (SSSR count). The topological polar surface area (TPSA) is 102 Å². The third-order valence-corrected chi connectivity index (χ3v) is 3.53. The van der Waals surface area contributed by atoms with E-state index in [0.29, 0.717) is 12.3 Å². The van der Waals surface area contributed by atoms with E-state index in [1.165, 1.54) is 6.92 Å². The summed E-state index contributed by atoms with van der Waals surface area (Å²) >= 11 is 0. The monoisotopic (exact) mass is 345 g/mol. The molecule has 0 aromatic heterocycles. The lowest BCUT2D eigenvalue weighted by atomic mass is 9.95. The number of rotatable bonds is 11. The van der Waals surface area contributed by atoms with Crippen LogP contribution in [0.2, 0.25) is 0 Å². The molecule has 0 saturated carbocycles. The lowest BCUT2D eigenvalue weighted by Gasteiger charge is -2.24. The predicted octanol–water partition coefficient (Wildman–Crippen LogP) is 3.32. The zero-order valence-corrected chi connectivity index (χ0v) is 15.3. The molecule has 0 aromatic rings. The van der Waals surface area contributed by atoms with Gasteiger partial charge in [0.2, 0.25) is 0 Å². The van der Waals surface area contributed by atoms with Gasteiger partial charge in [-0.25, -0.2) is 4.79 Å². The number of nitrogens with one attached hydrogen (secondary N) is 1. The fraction of sp³-hybridized carbons (Fsp3) is 0.824. The minimum atomic E-state index is -0.995. The van der Waals surface area contributed by atoms with Crippen molar-refractivity contribution in [2.24, 2.45) is 11.8 Å². The van der Waals surface area contributed by atoms with E-state index >= 15 is 0 Å². The highest BCUT2D eigenvalue weighted by atomic mass is 16.7. The van der Waals surface area contributed by atoms with Gasteiger partial charge in [0.1, 0.15) is 0 Å². The zero-order valence-electron chi connectivity index (χ0n) is 15.3. The molecule has 0 aliphatic heterocycles. The minimum absolute atomic E-state index is 0.175. The molecule has 0 aliphatic rings. The van der Waals surface area contributed by atoms with Crippen molar-refractivity contribution in [2.45, 2.75) is 79.1 Å². The van der Waals surface area contributed by atoms with Gasteiger partial charge in [-0.1, -0.05) is 47.0 Å². The SMILES string of the molecule is CCCC[C@@H](C)C[C@@H](CC(=O)O)NC(=O)O[C@@H](OC(C)=O)C(C)C. The average molecular weight is 345 g/mol. The van der Waals surface area contributed by atoms with Crippen molar-refractivity contribution in [2.75, 3.05) is 0 Å². The summed E-state index contributed by atoms with van der Waals surface area (Å²) in [4.78, 5) is 34.1. The van der Waals surface area contributed by atoms with Crippen molar-refractivity contribution >= 4 is 18.0 Å². The summed E-state index contributed by atoms with van der Waals surface area (Å²) in [5.74, 6) is -1.44. The largest absolute Gasteiger partial charge is 0.481 e. The van der Waals surface area contributed by atoms with Crippen LogP contribution in [0.15, 0.2) is 0 Å². The van der Waals surface area contributed by atoms with Crippen LogP contribution < -0.4 is 5.32 Å². The molecule has 0 radical (unpaired) electrons. The third-order valence-electron chi connectivity index (χ3n) is 3.53. The standard InChI is InChI=1S/C17H31NO6/c1-6-7-8-12(4)9-14(10-15(20)21)18-17(22)24-16(11(2)3)23-13(5)19/h11-12,14,16H,6-10H2,1-5H3,(H,18,22)(H,20,21)/t12-,14+,16-/m1/s1. The highest BCUT2D eigenvalue weighted by molar-refractivity contribution is 5.71. The predicted molar refractivity (Wildman–Crippen MR) is 89.4 cm³/mol. The number of carbonyl (C=O) groups excluding carboxylic acids is 2. The molecule has 0 unspecified atom stereocenters. The van der Waals surface area contributed by atoms with E-state index in [-0.39, 0.29) is 12.3 Å². The Kier molecular flexibility index (Phi) is 10.8. The highest BCUT2D eigenvalue weighted by Gasteiger charge is 2.24. The summed E-state index contributed by atoms with van der Waals surface area (Å²) in [6, 6.07) is -0.521. The molecule has 0 spiro atoms. The van der Waals surface area contributed by atoms with Crippen molar-refractivity contribution in [1.82, 2.24) is 5.32 Å². The van der Waals surface area contributed by atoms with Gasteiger partial charge in [0.05, 0.1) is 6.42 Å². The number of aliphatic carboxylic acids is 1. The van der Waals surface area contributed by atoms with Crippen LogP contribution in [0.4, 0.5) is 4.79 Å². The van der Waals surface area contributed by atoms with Crippen LogP contribution in [-0.4, -0.2) is 35.5 Å².